The number of hydrogen-bond acceptors (Lipinski definition) is 21. The number of nitro groups is 4. The molecule has 0 radical (unpaired) electrons. The van der Waals surface area contributed by atoms with Gasteiger partial charge in [0.2, 0.25) is 17.8 Å². The van der Waals surface area contributed by atoms with E-state index in [2.05, 4.69) is 49.5 Å². The van der Waals surface area contributed by atoms with Crippen LogP contribution in [0.25, 0.3) is 33.4 Å². The number of aryl methyl sites for hydroxylation is 5. The molecule has 6 N–H and O–H groups in total. The SMILES string of the molecule is CCOc1ccc(-n2c[n+]([O-])c3cc(CCc4ccc(CC)cc4)ccc32)cc1.CCOc1ccc(-n2c[n+]([O-])c3cc(N)ccc32)cc1.CCOc1ccc(N(C=O)c2ccc([N+](=O)[O-])cc2[N+](=O)[O-])cc1.Cc1ccc(CC=O)cc1.Cc1ccc(N)cc1.O=CO.O=CS(=O)(O)=C=S.O=[N+]([O-])c1ccc(F)c([N+](=O)[O-])c1. The van der Waals surface area contributed by atoms with Crippen LogP contribution in [-0.4, -0.2) is 91.6 Å². The summed E-state index contributed by atoms with van der Waals surface area (Å²) in [6.45, 7) is 13.5. The minimum Gasteiger partial charge on any atom is -0.710 e. The van der Waals surface area contributed by atoms with E-state index in [1.165, 1.54) is 44.5 Å². The van der Waals surface area contributed by atoms with Crippen molar-refractivity contribution in [3.05, 3.63) is 321 Å². The summed E-state index contributed by atoms with van der Waals surface area (Å²) < 4.78 is 53.8. The first kappa shape index (κ1) is 90.3. The van der Waals surface area contributed by atoms with Gasteiger partial charge in [-0.25, -0.2) is 13.7 Å². The van der Waals surface area contributed by atoms with Crippen molar-refractivity contribution in [3.63, 3.8) is 0 Å². The highest BCUT2D eigenvalue weighted by Gasteiger charge is 2.25. The summed E-state index contributed by atoms with van der Waals surface area (Å²) in [6.07, 6.45) is 7.89. The molecule has 0 aliphatic rings. The lowest BCUT2D eigenvalue weighted by molar-refractivity contribution is -0.577. The molecule has 1 amide bonds. The van der Waals surface area contributed by atoms with Gasteiger partial charge in [-0.1, -0.05) is 84.8 Å². The number of nitrogens with two attached hydrogens (primary N) is 2. The van der Waals surface area contributed by atoms with Gasteiger partial charge in [0.15, 0.2) is 31.9 Å². The van der Waals surface area contributed by atoms with E-state index >= 15 is 0 Å². The predicted octanol–water partition coefficient (Wildman–Crippen LogP) is 14.9. The lowest BCUT2D eigenvalue weighted by atomic mass is 10.0. The summed E-state index contributed by atoms with van der Waals surface area (Å²) in [7, 11) is -3.52. The van der Waals surface area contributed by atoms with Crippen molar-refractivity contribution in [1.82, 2.24) is 9.13 Å². The lowest BCUT2D eigenvalue weighted by Crippen LogP contribution is -2.23. The van der Waals surface area contributed by atoms with Crippen LogP contribution in [-0.2, 0) is 54.7 Å². The Balaban J connectivity index is 0.000000248. The molecule has 1 unspecified atom stereocenters. The zero-order chi connectivity index (χ0) is 84.0. The Morgan fingerprint density at radius 2 is 0.930 bits per heavy atom. The van der Waals surface area contributed by atoms with Gasteiger partial charge < -0.3 is 50.5 Å². The molecule has 0 spiro atoms. The number of nitrogen functional groups attached to an aromatic ring is 2. The number of nitro benzene ring substituents is 4. The first-order valence-electron chi connectivity index (χ1n) is 34.3. The Hall–Kier alpha value is -14.3. The number of amides is 1. The minimum atomic E-state index is -3.52. The number of non-ortho nitro benzene ring substituents is 2. The van der Waals surface area contributed by atoms with E-state index in [1.54, 1.807) is 42.7 Å². The molecule has 0 saturated carbocycles. The number of benzene rings is 10. The third-order valence-corrected chi connectivity index (χ3v) is 16.9. The molecule has 594 valence electrons. The summed E-state index contributed by atoms with van der Waals surface area (Å²) >= 11 is 3.88. The van der Waals surface area contributed by atoms with Crippen LogP contribution in [0.1, 0.15) is 61.1 Å². The molecule has 0 aliphatic heterocycles. The minimum absolute atomic E-state index is 0.0650. The predicted molar refractivity (Wildman–Crippen MR) is 435 cm³/mol. The first-order valence-corrected chi connectivity index (χ1v) is 36.3. The third kappa shape index (κ3) is 28.0. The van der Waals surface area contributed by atoms with E-state index < -0.39 is 58.1 Å². The first-order chi connectivity index (χ1) is 54.5. The normalized spacial score (nSPS) is 10.5. The van der Waals surface area contributed by atoms with Crippen LogP contribution in [0.4, 0.5) is 49.9 Å². The molecule has 2 heterocycles. The quantitative estimate of drug-likeness (QED) is 0.00931. The number of anilines is 4. The number of aromatic nitrogens is 4. The van der Waals surface area contributed by atoms with Crippen LogP contribution in [0, 0.1) is 70.5 Å². The maximum atomic E-state index is 12.6. The average Bonchev–Trinajstić information content (AvgIpc) is 1.59. The smallest absolute Gasteiger partial charge is 0.311 e. The monoisotopic (exact) mass is 1600 g/mol. The Morgan fingerprint density at radius 3 is 1.34 bits per heavy atom. The van der Waals surface area contributed by atoms with Gasteiger partial charge in [0.1, 0.15) is 40.6 Å². The molecule has 12 rings (SSSR count). The number of carbonyl (C=O) groups excluding carboxylic acids is 3. The molecule has 2 aromatic heterocycles. The molecule has 31 nitrogen and oxygen atoms in total. The fourth-order valence-corrected chi connectivity index (χ4v) is 10.3. The number of imidazole rings is 2. The average molecular weight is 1600 g/mol. The Labute approximate surface area is 658 Å². The fraction of sp³-hybridized carbons (Fsp3) is 0.163. The Kier molecular flexibility index (Phi) is 36.1. The summed E-state index contributed by atoms with van der Waals surface area (Å²) in [5.74, 6) is 1.14. The zero-order valence-electron chi connectivity index (χ0n) is 62.3. The summed E-state index contributed by atoms with van der Waals surface area (Å²) in [5.41, 5.74) is 22.6. The van der Waals surface area contributed by atoms with Crippen LogP contribution < -0.4 is 40.0 Å². The van der Waals surface area contributed by atoms with Crippen LogP contribution in [0.5, 0.6) is 17.2 Å². The van der Waals surface area contributed by atoms with Crippen molar-refractivity contribution >= 4 is 119 Å². The number of hydrogen-bond donors (Lipinski definition) is 4. The lowest BCUT2D eigenvalue weighted by Gasteiger charge is -2.17. The van der Waals surface area contributed by atoms with Crippen LogP contribution >= 0.6 is 12.2 Å². The largest absolute Gasteiger partial charge is 0.710 e. The van der Waals surface area contributed by atoms with Crippen molar-refractivity contribution in [2.45, 2.75) is 67.2 Å². The molecule has 1 atom stereocenters. The van der Waals surface area contributed by atoms with Gasteiger partial charge in [0.25, 0.3) is 36.2 Å². The summed E-state index contributed by atoms with van der Waals surface area (Å²) in [4.78, 5) is 79.2. The van der Waals surface area contributed by atoms with Crippen LogP contribution in [0.3, 0.4) is 0 Å². The van der Waals surface area contributed by atoms with Crippen molar-refractivity contribution in [3.8, 4) is 28.6 Å². The van der Waals surface area contributed by atoms with Crippen molar-refractivity contribution in [1.29, 1.82) is 0 Å². The van der Waals surface area contributed by atoms with E-state index in [1.807, 2.05) is 159 Å². The molecular weight excluding hydrogens is 1520 g/mol. The highest BCUT2D eigenvalue weighted by Crippen LogP contribution is 2.36. The van der Waals surface area contributed by atoms with Gasteiger partial charge in [-0.05, 0) is 210 Å². The highest BCUT2D eigenvalue weighted by atomic mass is 32.2. The Morgan fingerprint density at radius 1 is 0.526 bits per heavy atom. The Bertz CT molecular complexity index is 5350. The maximum Gasteiger partial charge on any atom is 0.311 e. The standard InChI is InChI=1S/C25H26N2O2.C15H13N3O6.C15H15N3O2.C9H10O.C7H9N.C6H3FN2O4.C2H2O3S2.CH2O2/c1-3-19-5-7-20(8-6-19)9-10-21-11-16-24-25(17-21)27(28)18-26(24)22-12-14-23(15-13-22)29-4-2;1-2-24-13-6-3-11(4-7-13)16(10-19)14-8-5-12(17(20)21)9-15(14)18(22)23;1-2-20-13-6-4-12(5-7-13)17-10-18(19)15-9-11(16)3-8-14(15)17;1-8-2-4-9(5-3-8)6-7-10;1-6-2-4-7(8)5-3-6;7-5-2-1-4(8(10)11)3-6(5)9(12)13;3-1-7(4,5)2-6;2-1-3/h5-8,11-18H,3-4,9-10H2,1-2H3;3-10H,2H2,1H3;3-10H,2,16H2,1H3;2-5,7H,6H2,1H3;2-5H,8H2,1H3;1-3H;1H,(H,4,5);1H,(H,2,3). The third-order valence-electron chi connectivity index (χ3n) is 15.7. The topological polar surface area (TPSA) is 445 Å². The number of halogens is 1. The number of carbonyl (C=O) groups is 4. The van der Waals surface area contributed by atoms with Gasteiger partial charge >= 0.3 is 5.69 Å². The van der Waals surface area contributed by atoms with Gasteiger partial charge in [0, 0.05) is 46.0 Å². The number of aldehydes is 1. The summed E-state index contributed by atoms with van der Waals surface area (Å²) in [6, 6.07) is 63.0. The molecule has 0 saturated heterocycles. The number of carboxylic acid groups (broad SMARTS) is 1. The molecule has 0 fully saturated rings. The molecule has 10 aromatic carbocycles. The molecule has 34 heteroatoms. The van der Waals surface area contributed by atoms with Crippen molar-refractivity contribution in [2.75, 3.05) is 36.2 Å². The van der Waals surface area contributed by atoms with Crippen LogP contribution in [0.2, 0.25) is 0 Å². The second-order valence-corrected chi connectivity index (χ2v) is 25.6. The number of fused-ring (bicyclic) bond motifs is 2. The number of ether oxygens (including phenoxy) is 3. The fourth-order valence-electron chi connectivity index (χ4n) is 10.1. The highest BCUT2D eigenvalue weighted by molar-refractivity contribution is 8.13. The van der Waals surface area contributed by atoms with Gasteiger partial charge in [0.05, 0.1) is 51.6 Å². The molecule has 114 heavy (non-hydrogen) atoms. The van der Waals surface area contributed by atoms with Crippen molar-refractivity contribution in [2.24, 2.45) is 0 Å². The number of rotatable bonds is 22. The van der Waals surface area contributed by atoms with Gasteiger partial charge in [-0.3, -0.25) is 59.7 Å². The van der Waals surface area contributed by atoms with E-state index in [-0.39, 0.29) is 17.8 Å². The zero-order valence-corrected chi connectivity index (χ0v) is 63.9. The van der Waals surface area contributed by atoms with E-state index in [0.717, 1.165) is 103 Å². The second-order valence-electron chi connectivity index (χ2n) is 23.6. The van der Waals surface area contributed by atoms with E-state index in [9.17, 15) is 73.9 Å². The molecular formula is C80H80FN11O20S2. The molecule has 0 aliphatic carbocycles. The molecule has 0 bridgehead atoms. The van der Waals surface area contributed by atoms with E-state index in [0.29, 0.717) is 72.9 Å². The second kappa shape index (κ2) is 45.6. The molecule has 12 aromatic rings. The van der Waals surface area contributed by atoms with E-state index in [4.69, 9.17) is 40.1 Å². The maximum absolute atomic E-state index is 12.6. The van der Waals surface area contributed by atoms with Crippen molar-refractivity contribution < 1.29 is 80.8 Å². The van der Waals surface area contributed by atoms with Crippen LogP contribution in [0.15, 0.2) is 231 Å². The van der Waals surface area contributed by atoms with Gasteiger partial charge in [-0.2, -0.15) is 13.5 Å². The number of thiocarbonyl (C=S) groups is 1. The number of nitrogens with zero attached hydrogens (tertiary/aromatic N) is 9. The summed E-state index contributed by atoms with van der Waals surface area (Å²) in [5, 5.41) is 73.6. The van der Waals surface area contributed by atoms with Gasteiger partial charge in [-0.15, -0.1) is 0 Å².